The van der Waals surface area contributed by atoms with Crippen LogP contribution in [0.25, 0.3) is 0 Å². The first-order valence-electron chi connectivity index (χ1n) is 6.05. The first-order chi connectivity index (χ1) is 8.97. The van der Waals surface area contributed by atoms with Crippen molar-refractivity contribution in [2.24, 2.45) is 0 Å². The Labute approximate surface area is 115 Å². The molecule has 1 heterocycles. The maximum atomic E-state index is 11.1. The molecule has 1 fully saturated rings. The Bertz CT molecular complexity index is 503. The summed E-state index contributed by atoms with van der Waals surface area (Å²) in [5, 5.41) is 23.6. The molecule has 1 aromatic heterocycles. The zero-order valence-electron chi connectivity index (χ0n) is 10.5. The van der Waals surface area contributed by atoms with E-state index >= 15 is 0 Å². The number of aliphatic hydroxyl groups is 1. The maximum absolute atomic E-state index is 11.1. The van der Waals surface area contributed by atoms with Crippen LogP contribution in [-0.2, 0) is 0 Å². The van der Waals surface area contributed by atoms with Crippen molar-refractivity contribution in [3.05, 3.63) is 21.1 Å². The number of anilines is 1. The standard InChI is InChI=1S/C11H15ClN4O3/c1-7-8(16(18)19)9(14-10(12)13-7)15-11(6-17)4-2-3-5-11/h17H,2-6H2,1H3,(H,13,14,15). The van der Waals surface area contributed by atoms with Crippen LogP contribution in [0.4, 0.5) is 11.5 Å². The predicted molar refractivity (Wildman–Crippen MR) is 70.3 cm³/mol. The second-order valence-electron chi connectivity index (χ2n) is 4.80. The van der Waals surface area contributed by atoms with Crippen molar-refractivity contribution >= 4 is 23.1 Å². The van der Waals surface area contributed by atoms with Crippen LogP contribution in [0.1, 0.15) is 31.4 Å². The molecule has 1 saturated carbocycles. The third-order valence-corrected chi connectivity index (χ3v) is 3.63. The topological polar surface area (TPSA) is 101 Å². The minimum absolute atomic E-state index is 0.0447. The van der Waals surface area contributed by atoms with E-state index in [0.29, 0.717) is 0 Å². The summed E-state index contributed by atoms with van der Waals surface area (Å²) < 4.78 is 0. The van der Waals surface area contributed by atoms with E-state index < -0.39 is 10.5 Å². The van der Waals surface area contributed by atoms with Gasteiger partial charge in [-0.25, -0.2) is 4.98 Å². The van der Waals surface area contributed by atoms with Gasteiger partial charge < -0.3 is 10.4 Å². The van der Waals surface area contributed by atoms with Crippen LogP contribution in [0, 0.1) is 17.0 Å². The molecule has 1 aromatic rings. The quantitative estimate of drug-likeness (QED) is 0.499. The highest BCUT2D eigenvalue weighted by Gasteiger charge is 2.36. The van der Waals surface area contributed by atoms with Crippen molar-refractivity contribution in [1.82, 2.24) is 9.97 Å². The highest BCUT2D eigenvalue weighted by Crippen LogP contribution is 2.36. The van der Waals surface area contributed by atoms with Crippen molar-refractivity contribution in [3.8, 4) is 0 Å². The van der Waals surface area contributed by atoms with Crippen LogP contribution in [0.2, 0.25) is 5.28 Å². The normalized spacial score (nSPS) is 17.4. The monoisotopic (exact) mass is 286 g/mol. The van der Waals surface area contributed by atoms with Crippen LogP contribution in [0.5, 0.6) is 0 Å². The van der Waals surface area contributed by atoms with Crippen LogP contribution < -0.4 is 5.32 Å². The van der Waals surface area contributed by atoms with Gasteiger partial charge in [-0.05, 0) is 31.4 Å². The Balaban J connectivity index is 2.41. The third kappa shape index (κ3) is 2.76. The molecule has 0 aromatic carbocycles. The summed E-state index contributed by atoms with van der Waals surface area (Å²) in [7, 11) is 0. The van der Waals surface area contributed by atoms with Crippen LogP contribution >= 0.6 is 11.6 Å². The van der Waals surface area contributed by atoms with Gasteiger partial charge in [0.25, 0.3) is 0 Å². The summed E-state index contributed by atoms with van der Waals surface area (Å²) in [6.07, 6.45) is 3.45. The number of nitro groups is 1. The van der Waals surface area contributed by atoms with Gasteiger partial charge in [-0.1, -0.05) is 12.8 Å². The van der Waals surface area contributed by atoms with E-state index in [1.54, 1.807) is 0 Å². The summed E-state index contributed by atoms with van der Waals surface area (Å²) in [6.45, 7) is 1.42. The molecule has 2 N–H and O–H groups in total. The first-order valence-corrected chi connectivity index (χ1v) is 6.43. The molecule has 0 unspecified atom stereocenters. The number of aliphatic hydroxyl groups excluding tert-OH is 1. The molecule has 2 rings (SSSR count). The lowest BCUT2D eigenvalue weighted by atomic mass is 9.99. The molecule has 0 amide bonds. The van der Waals surface area contributed by atoms with Gasteiger partial charge in [0.1, 0.15) is 5.69 Å². The van der Waals surface area contributed by atoms with Crippen molar-refractivity contribution in [2.45, 2.75) is 38.1 Å². The van der Waals surface area contributed by atoms with E-state index in [1.165, 1.54) is 6.92 Å². The fraction of sp³-hybridized carbons (Fsp3) is 0.636. The average Bonchev–Trinajstić information content (AvgIpc) is 2.76. The largest absolute Gasteiger partial charge is 0.394 e. The van der Waals surface area contributed by atoms with Crippen LogP contribution in [0.15, 0.2) is 0 Å². The number of rotatable bonds is 4. The molecular weight excluding hydrogens is 272 g/mol. The molecule has 104 valence electrons. The van der Waals surface area contributed by atoms with E-state index in [1.807, 2.05) is 0 Å². The molecule has 0 spiro atoms. The average molecular weight is 287 g/mol. The molecule has 7 nitrogen and oxygen atoms in total. The fourth-order valence-electron chi connectivity index (χ4n) is 2.46. The Hall–Kier alpha value is -1.47. The first kappa shape index (κ1) is 14.0. The van der Waals surface area contributed by atoms with Gasteiger partial charge in [0.05, 0.1) is 17.1 Å². The fourth-order valence-corrected chi connectivity index (χ4v) is 2.68. The SMILES string of the molecule is Cc1nc(Cl)nc(NC2(CO)CCCC2)c1[N+](=O)[O-]. The maximum Gasteiger partial charge on any atom is 0.332 e. The van der Waals surface area contributed by atoms with E-state index in [-0.39, 0.29) is 29.1 Å². The lowest BCUT2D eigenvalue weighted by molar-refractivity contribution is -0.385. The zero-order valence-corrected chi connectivity index (χ0v) is 11.3. The summed E-state index contributed by atoms with van der Waals surface area (Å²) in [6, 6.07) is 0. The second-order valence-corrected chi connectivity index (χ2v) is 5.14. The molecular formula is C11H15ClN4O3. The van der Waals surface area contributed by atoms with Gasteiger partial charge in [-0.15, -0.1) is 0 Å². The predicted octanol–water partition coefficient (Wildman–Crippen LogP) is 2.06. The number of aryl methyl sites for hydroxylation is 1. The van der Waals surface area contributed by atoms with E-state index in [9.17, 15) is 15.2 Å². The summed E-state index contributed by atoms with van der Waals surface area (Å²) in [5.74, 6) is 0.0819. The highest BCUT2D eigenvalue weighted by atomic mass is 35.5. The molecule has 19 heavy (non-hydrogen) atoms. The number of hydrogen-bond donors (Lipinski definition) is 2. The Morgan fingerprint density at radius 2 is 2.11 bits per heavy atom. The third-order valence-electron chi connectivity index (χ3n) is 3.46. The minimum Gasteiger partial charge on any atom is -0.394 e. The molecule has 1 aliphatic carbocycles. The van der Waals surface area contributed by atoms with Gasteiger partial charge >= 0.3 is 5.69 Å². The molecule has 8 heteroatoms. The summed E-state index contributed by atoms with van der Waals surface area (Å²) in [4.78, 5) is 18.3. The Kier molecular flexibility index (Phi) is 3.86. The zero-order chi connectivity index (χ0) is 14.0. The molecule has 0 atom stereocenters. The van der Waals surface area contributed by atoms with E-state index in [2.05, 4.69) is 15.3 Å². The number of halogens is 1. The Morgan fingerprint density at radius 1 is 1.47 bits per heavy atom. The highest BCUT2D eigenvalue weighted by molar-refractivity contribution is 6.28. The second kappa shape index (κ2) is 5.26. The van der Waals surface area contributed by atoms with Crippen molar-refractivity contribution < 1.29 is 10.0 Å². The van der Waals surface area contributed by atoms with Gasteiger partial charge in [0.2, 0.25) is 11.1 Å². The number of hydrogen-bond acceptors (Lipinski definition) is 6. The number of nitrogens with zero attached hydrogens (tertiary/aromatic N) is 3. The van der Waals surface area contributed by atoms with Gasteiger partial charge in [0.15, 0.2) is 0 Å². The number of aromatic nitrogens is 2. The van der Waals surface area contributed by atoms with E-state index in [0.717, 1.165) is 25.7 Å². The van der Waals surface area contributed by atoms with Gasteiger partial charge in [-0.2, -0.15) is 4.98 Å². The lowest BCUT2D eigenvalue weighted by Gasteiger charge is -2.28. The molecule has 0 saturated heterocycles. The molecule has 1 aliphatic rings. The number of nitrogens with one attached hydrogen (secondary N) is 1. The van der Waals surface area contributed by atoms with Crippen molar-refractivity contribution in [1.29, 1.82) is 0 Å². The van der Waals surface area contributed by atoms with Crippen molar-refractivity contribution in [2.75, 3.05) is 11.9 Å². The molecule has 0 bridgehead atoms. The lowest BCUT2D eigenvalue weighted by Crippen LogP contribution is -2.39. The minimum atomic E-state index is -0.547. The smallest absolute Gasteiger partial charge is 0.332 e. The van der Waals surface area contributed by atoms with Crippen molar-refractivity contribution in [3.63, 3.8) is 0 Å². The van der Waals surface area contributed by atoms with Gasteiger partial charge in [-0.3, -0.25) is 10.1 Å². The summed E-state index contributed by atoms with van der Waals surface area (Å²) >= 11 is 5.75. The van der Waals surface area contributed by atoms with Crippen LogP contribution in [-0.4, -0.2) is 32.1 Å². The summed E-state index contributed by atoms with van der Waals surface area (Å²) in [5.41, 5.74) is -0.530. The van der Waals surface area contributed by atoms with Crippen LogP contribution in [0.3, 0.4) is 0 Å². The molecule has 0 radical (unpaired) electrons. The molecule has 0 aliphatic heterocycles. The Morgan fingerprint density at radius 3 is 2.63 bits per heavy atom. The van der Waals surface area contributed by atoms with E-state index in [4.69, 9.17) is 11.6 Å². The van der Waals surface area contributed by atoms with Gasteiger partial charge in [0, 0.05) is 0 Å².